The van der Waals surface area contributed by atoms with Gasteiger partial charge in [-0.2, -0.15) is 0 Å². The van der Waals surface area contributed by atoms with Gasteiger partial charge in [-0.3, -0.25) is 18.4 Å². The standard InChI is InChI=1S/C22H25N7O13P2/c23-9-1-3-24-19-13(9)26-8-29(19)21-16(32)17(41-43(34)35)12(40-21)6-38-44(36,37)42-18-15(31)11(5-30)39-22(18)28-7-27-14-10(28)2-4-25-20(14)33/h1-4,7-8,11-12,15-18,21-22,30-32H,5-6H2,(H4-,23,24,25,33,34,35,36,37)/p+1/t11-,12-,15-,16-,17-,18-,21-,22-/m1/s1. The number of phosphoric ester groups is 1. The molecule has 6 rings (SSSR count). The Bertz CT molecular complexity index is 1800. The Morgan fingerprint density at radius 3 is 2.52 bits per heavy atom. The molecule has 0 radical (unpaired) electrons. The van der Waals surface area contributed by atoms with E-state index in [4.69, 9.17) is 28.8 Å². The van der Waals surface area contributed by atoms with Gasteiger partial charge in [-0.15, -0.1) is 9.42 Å². The molecule has 10 atom stereocenters. The fraction of sp³-hybridized carbons (Fsp3) is 0.455. The zero-order valence-corrected chi connectivity index (χ0v) is 24.0. The number of nitrogen functional groups attached to an aromatic ring is 1. The van der Waals surface area contributed by atoms with Crippen molar-refractivity contribution in [3.05, 3.63) is 47.5 Å². The number of nitrogens with two attached hydrogens (primary N) is 1. The molecule has 2 aliphatic heterocycles. The molecule has 0 bridgehead atoms. The van der Waals surface area contributed by atoms with E-state index in [0.717, 1.165) is 0 Å². The lowest BCUT2D eigenvalue weighted by molar-refractivity contribution is -0.0608. The van der Waals surface area contributed by atoms with E-state index in [1.165, 1.54) is 46.3 Å². The summed E-state index contributed by atoms with van der Waals surface area (Å²) in [5.41, 5.74) is 6.46. The first-order valence-corrected chi connectivity index (χ1v) is 15.5. The predicted octanol–water partition coefficient (Wildman–Crippen LogP) is -1.20. The molecule has 2 saturated heterocycles. The number of H-pyrrole nitrogens is 1. The molecule has 2 aliphatic rings. The Morgan fingerprint density at radius 2 is 1.77 bits per heavy atom. The lowest BCUT2D eigenvalue weighted by atomic mass is 10.1. The zero-order valence-electron chi connectivity index (χ0n) is 22.2. The van der Waals surface area contributed by atoms with Crippen molar-refractivity contribution in [3.8, 4) is 0 Å². The highest BCUT2D eigenvalue weighted by Crippen LogP contribution is 2.50. The quantitative estimate of drug-likeness (QED) is 0.0984. The number of pyridine rings is 2. The van der Waals surface area contributed by atoms with Crippen molar-refractivity contribution in [2.45, 2.75) is 49.1 Å². The minimum Gasteiger partial charge on any atom is -0.397 e. The van der Waals surface area contributed by atoms with Gasteiger partial charge in [-0.25, -0.2) is 19.5 Å². The summed E-state index contributed by atoms with van der Waals surface area (Å²) in [5.74, 6) is 0. The number of phosphoric acid groups is 1. The van der Waals surface area contributed by atoms with Crippen LogP contribution in [0.5, 0.6) is 0 Å². The molecule has 2 unspecified atom stereocenters. The second-order valence-electron chi connectivity index (χ2n) is 9.85. The van der Waals surface area contributed by atoms with Crippen LogP contribution in [0, 0.1) is 0 Å². The van der Waals surface area contributed by atoms with Gasteiger partial charge in [0.2, 0.25) is 0 Å². The van der Waals surface area contributed by atoms with Gasteiger partial charge in [-0.05, 0) is 12.1 Å². The first-order valence-electron chi connectivity index (χ1n) is 12.9. The summed E-state index contributed by atoms with van der Waals surface area (Å²) in [6, 6.07) is 2.99. The molecule has 22 heteroatoms. The van der Waals surface area contributed by atoms with Crippen molar-refractivity contribution in [1.82, 2.24) is 29.1 Å². The Hall–Kier alpha value is -3.23. The highest BCUT2D eigenvalue weighted by Gasteiger charge is 2.53. The second kappa shape index (κ2) is 11.9. The number of aromatic amines is 1. The van der Waals surface area contributed by atoms with Crippen molar-refractivity contribution in [2.75, 3.05) is 18.9 Å². The van der Waals surface area contributed by atoms with Gasteiger partial charge in [0.1, 0.15) is 36.0 Å². The predicted molar refractivity (Wildman–Crippen MR) is 145 cm³/mol. The molecule has 0 aliphatic carbocycles. The van der Waals surface area contributed by atoms with E-state index in [1.54, 1.807) is 0 Å². The molecule has 6 heterocycles. The van der Waals surface area contributed by atoms with Gasteiger partial charge in [0.15, 0.2) is 29.7 Å². The van der Waals surface area contributed by atoms with E-state index >= 15 is 0 Å². The maximum atomic E-state index is 13.1. The minimum absolute atomic E-state index is 0.0172. The SMILES string of the molecule is Nc1ccnc2c1ncn2[C@@H]1O[C@H](COP(=O)(O)O[C@@H]2[C@H](O)[C@@H](CO)O[C@H]2n2cnc3c(=O)[nH]ccc32)[C@@H](O[P+](=O)O)[C@H]1O. The van der Waals surface area contributed by atoms with Crippen LogP contribution in [0.4, 0.5) is 5.69 Å². The molecule has 20 nitrogen and oxygen atoms in total. The molecule has 8 N–H and O–H groups in total. The van der Waals surface area contributed by atoms with E-state index in [1.807, 2.05) is 0 Å². The average molecular weight is 658 g/mol. The van der Waals surface area contributed by atoms with Crippen LogP contribution in [0.3, 0.4) is 0 Å². The van der Waals surface area contributed by atoms with Crippen LogP contribution in [-0.4, -0.2) is 104 Å². The molecule has 236 valence electrons. The Balaban J connectivity index is 1.22. The smallest absolute Gasteiger partial charge is 0.397 e. The maximum absolute atomic E-state index is 13.1. The third kappa shape index (κ3) is 5.56. The highest BCUT2D eigenvalue weighted by molar-refractivity contribution is 7.47. The number of nitrogens with one attached hydrogen (secondary N) is 1. The number of hydrogen-bond donors (Lipinski definition) is 7. The highest BCUT2D eigenvalue weighted by atomic mass is 31.2. The Kier molecular flexibility index (Phi) is 8.35. The topological polar surface area (TPSA) is 289 Å². The Morgan fingerprint density at radius 1 is 1.05 bits per heavy atom. The molecule has 0 amide bonds. The largest absolute Gasteiger partial charge is 0.695 e. The fourth-order valence-electron chi connectivity index (χ4n) is 5.19. The minimum atomic E-state index is -5.11. The van der Waals surface area contributed by atoms with Crippen molar-refractivity contribution >= 4 is 44.0 Å². The van der Waals surface area contributed by atoms with Gasteiger partial charge >= 0.3 is 16.1 Å². The van der Waals surface area contributed by atoms with Gasteiger partial charge in [0, 0.05) is 17.0 Å². The third-order valence-electron chi connectivity index (χ3n) is 7.21. The molecule has 44 heavy (non-hydrogen) atoms. The molecule has 0 spiro atoms. The van der Waals surface area contributed by atoms with Crippen LogP contribution in [0.2, 0.25) is 0 Å². The molecular formula is C22H26N7O13P2+. The summed E-state index contributed by atoms with van der Waals surface area (Å²) >= 11 is 0. The summed E-state index contributed by atoms with van der Waals surface area (Å²) in [4.78, 5) is 46.9. The summed E-state index contributed by atoms with van der Waals surface area (Å²) in [6.07, 6.45) is -6.45. The second-order valence-corrected chi connectivity index (χ2v) is 11.9. The number of aliphatic hydroxyl groups excluding tert-OH is 3. The lowest BCUT2D eigenvalue weighted by Gasteiger charge is -2.25. The van der Waals surface area contributed by atoms with Crippen LogP contribution in [0.1, 0.15) is 12.5 Å². The van der Waals surface area contributed by atoms with Crippen LogP contribution in [-0.2, 0) is 32.2 Å². The summed E-state index contributed by atoms with van der Waals surface area (Å²) in [5, 5.41) is 31.4. The zero-order chi connectivity index (χ0) is 31.3. The molecular weight excluding hydrogens is 632 g/mol. The number of nitrogens with zero attached hydrogens (tertiary/aromatic N) is 5. The third-order valence-corrected chi connectivity index (χ3v) is 8.62. The monoisotopic (exact) mass is 658 g/mol. The molecule has 0 aromatic carbocycles. The first-order chi connectivity index (χ1) is 21.0. The fourth-order valence-corrected chi connectivity index (χ4v) is 6.59. The van der Waals surface area contributed by atoms with E-state index < -0.39 is 83.9 Å². The maximum Gasteiger partial charge on any atom is 0.695 e. The van der Waals surface area contributed by atoms with Gasteiger partial charge in [-0.1, -0.05) is 0 Å². The number of aromatic nitrogens is 6. The van der Waals surface area contributed by atoms with Crippen LogP contribution >= 0.6 is 16.1 Å². The summed E-state index contributed by atoms with van der Waals surface area (Å²) in [6.45, 7) is -1.49. The average Bonchev–Trinajstić information content (AvgIpc) is 3.74. The van der Waals surface area contributed by atoms with E-state index in [2.05, 4.69) is 19.9 Å². The van der Waals surface area contributed by atoms with Crippen molar-refractivity contribution in [1.29, 1.82) is 0 Å². The summed E-state index contributed by atoms with van der Waals surface area (Å²) in [7, 11) is -8.37. The van der Waals surface area contributed by atoms with Crippen molar-refractivity contribution < 1.29 is 57.3 Å². The number of aliphatic hydroxyl groups is 3. The number of anilines is 1. The van der Waals surface area contributed by atoms with E-state index in [-0.39, 0.29) is 16.7 Å². The number of hydrogen-bond acceptors (Lipinski definition) is 15. The molecule has 4 aromatic heterocycles. The van der Waals surface area contributed by atoms with E-state index in [9.17, 15) is 39.0 Å². The first kappa shape index (κ1) is 30.8. The lowest BCUT2D eigenvalue weighted by Crippen LogP contribution is -2.36. The normalized spacial score (nSPS) is 30.7. The van der Waals surface area contributed by atoms with Crippen LogP contribution < -0.4 is 11.3 Å². The van der Waals surface area contributed by atoms with Crippen LogP contribution in [0.25, 0.3) is 22.2 Å². The van der Waals surface area contributed by atoms with Gasteiger partial charge in [0.05, 0.1) is 37.1 Å². The van der Waals surface area contributed by atoms with E-state index in [0.29, 0.717) is 11.2 Å². The number of rotatable bonds is 10. The Labute approximate surface area is 246 Å². The number of fused-ring (bicyclic) bond motifs is 2. The van der Waals surface area contributed by atoms with Gasteiger partial charge in [0.25, 0.3) is 5.56 Å². The van der Waals surface area contributed by atoms with Crippen LogP contribution in [0.15, 0.2) is 42.0 Å². The van der Waals surface area contributed by atoms with Crippen molar-refractivity contribution in [3.63, 3.8) is 0 Å². The molecule has 4 aromatic rings. The molecule has 2 fully saturated rings. The summed E-state index contributed by atoms with van der Waals surface area (Å²) < 4.78 is 54.1. The van der Waals surface area contributed by atoms with Gasteiger partial charge < -0.3 is 45.0 Å². The van der Waals surface area contributed by atoms with Crippen molar-refractivity contribution in [2.24, 2.45) is 0 Å². The number of imidazole rings is 2. The molecule has 0 saturated carbocycles. The number of ether oxygens (including phenoxy) is 2.